The lowest BCUT2D eigenvalue weighted by Gasteiger charge is -2.04. The van der Waals surface area contributed by atoms with Crippen molar-refractivity contribution in [1.29, 1.82) is 0 Å². The topological polar surface area (TPSA) is 51.0 Å². The van der Waals surface area contributed by atoms with E-state index in [1.54, 1.807) is 18.7 Å². The smallest absolute Gasteiger partial charge is 0.223 e. The molecule has 0 saturated carbocycles. The van der Waals surface area contributed by atoms with Crippen LogP contribution in [-0.2, 0) is 6.54 Å². The summed E-state index contributed by atoms with van der Waals surface area (Å²) in [4.78, 5) is 5.35. The van der Waals surface area contributed by atoms with Gasteiger partial charge < -0.3 is 9.84 Å². The number of hydrogen-bond acceptors (Lipinski definition) is 5. The van der Waals surface area contributed by atoms with Crippen molar-refractivity contribution >= 4 is 17.4 Å². The number of rotatable bonds is 4. The van der Waals surface area contributed by atoms with Crippen molar-refractivity contribution in [3.05, 3.63) is 36.0 Å². The van der Waals surface area contributed by atoms with E-state index in [1.807, 2.05) is 12.1 Å². The van der Waals surface area contributed by atoms with Gasteiger partial charge in [-0.1, -0.05) is 11.2 Å². The van der Waals surface area contributed by atoms with E-state index >= 15 is 0 Å². The number of thioether (sulfide) groups is 1. The standard InChI is InChI=1S/C11H13N3OS/c1-8-13-11(14-15-8)7-12-9-4-3-5-10(6-9)16-2/h3-6,12H,7H2,1-2H3. The fourth-order valence-corrected chi connectivity index (χ4v) is 1.79. The van der Waals surface area contributed by atoms with Crippen molar-refractivity contribution in [2.24, 2.45) is 0 Å². The highest BCUT2D eigenvalue weighted by Crippen LogP contribution is 2.19. The zero-order valence-corrected chi connectivity index (χ0v) is 10.0. The summed E-state index contributed by atoms with van der Waals surface area (Å²) in [5.41, 5.74) is 1.06. The Morgan fingerprint density at radius 1 is 1.44 bits per heavy atom. The maximum atomic E-state index is 4.89. The van der Waals surface area contributed by atoms with Crippen LogP contribution in [0.15, 0.2) is 33.7 Å². The van der Waals surface area contributed by atoms with Crippen LogP contribution in [0.25, 0.3) is 0 Å². The molecule has 0 saturated heterocycles. The second-order valence-corrected chi connectivity index (χ2v) is 4.19. The lowest BCUT2D eigenvalue weighted by molar-refractivity contribution is 0.388. The summed E-state index contributed by atoms with van der Waals surface area (Å²) >= 11 is 1.72. The normalized spacial score (nSPS) is 10.4. The summed E-state index contributed by atoms with van der Waals surface area (Å²) in [5.74, 6) is 1.27. The molecule has 0 unspecified atom stereocenters. The molecule has 0 radical (unpaired) electrons. The van der Waals surface area contributed by atoms with E-state index < -0.39 is 0 Å². The minimum atomic E-state index is 0.579. The number of aryl methyl sites for hydroxylation is 1. The lowest BCUT2D eigenvalue weighted by atomic mass is 10.3. The van der Waals surface area contributed by atoms with Crippen molar-refractivity contribution in [2.45, 2.75) is 18.4 Å². The number of hydrogen-bond donors (Lipinski definition) is 1. The van der Waals surface area contributed by atoms with Crippen LogP contribution < -0.4 is 5.32 Å². The van der Waals surface area contributed by atoms with Gasteiger partial charge in [-0.05, 0) is 24.5 Å². The third-order valence-corrected chi connectivity index (χ3v) is 2.82. The quantitative estimate of drug-likeness (QED) is 0.826. The molecule has 1 N–H and O–H groups in total. The Hall–Kier alpha value is -1.49. The van der Waals surface area contributed by atoms with E-state index in [4.69, 9.17) is 4.52 Å². The van der Waals surface area contributed by atoms with Gasteiger partial charge in [0.15, 0.2) is 5.82 Å². The van der Waals surface area contributed by atoms with Crippen molar-refractivity contribution in [3.63, 3.8) is 0 Å². The SMILES string of the molecule is CSc1cccc(NCc2noc(C)n2)c1. The van der Waals surface area contributed by atoms with Crippen LogP contribution in [0.1, 0.15) is 11.7 Å². The van der Waals surface area contributed by atoms with Gasteiger partial charge in [0.2, 0.25) is 5.89 Å². The largest absolute Gasteiger partial charge is 0.378 e. The molecule has 0 amide bonds. The average molecular weight is 235 g/mol. The number of nitrogens with zero attached hydrogens (tertiary/aromatic N) is 2. The van der Waals surface area contributed by atoms with Gasteiger partial charge in [-0.2, -0.15) is 4.98 Å². The Kier molecular flexibility index (Phi) is 3.46. The maximum Gasteiger partial charge on any atom is 0.223 e. The monoisotopic (exact) mass is 235 g/mol. The fourth-order valence-electron chi connectivity index (χ4n) is 1.33. The molecule has 0 aliphatic carbocycles. The van der Waals surface area contributed by atoms with Crippen LogP contribution in [-0.4, -0.2) is 16.4 Å². The number of anilines is 1. The third kappa shape index (κ3) is 2.76. The van der Waals surface area contributed by atoms with Crippen LogP contribution in [0.2, 0.25) is 0 Å². The van der Waals surface area contributed by atoms with Crippen LogP contribution in [0.4, 0.5) is 5.69 Å². The molecule has 2 aromatic rings. The molecule has 0 bridgehead atoms. The molecule has 1 aromatic carbocycles. The highest BCUT2D eigenvalue weighted by molar-refractivity contribution is 7.98. The summed E-state index contributed by atoms with van der Waals surface area (Å²) in [6.45, 7) is 2.36. The molecular weight excluding hydrogens is 222 g/mol. The summed E-state index contributed by atoms with van der Waals surface area (Å²) in [5, 5.41) is 7.07. The van der Waals surface area contributed by atoms with Gasteiger partial charge in [-0.3, -0.25) is 0 Å². The summed E-state index contributed by atoms with van der Waals surface area (Å²) in [6, 6.07) is 8.22. The predicted molar refractivity (Wildman–Crippen MR) is 64.6 cm³/mol. The molecule has 84 valence electrons. The van der Waals surface area contributed by atoms with Crippen LogP contribution in [0.5, 0.6) is 0 Å². The zero-order chi connectivity index (χ0) is 11.4. The summed E-state index contributed by atoms with van der Waals surface area (Å²) < 4.78 is 4.89. The molecule has 0 aliphatic rings. The van der Waals surface area contributed by atoms with E-state index in [9.17, 15) is 0 Å². The van der Waals surface area contributed by atoms with Gasteiger partial charge in [0.1, 0.15) is 0 Å². The number of benzene rings is 1. The van der Waals surface area contributed by atoms with Crippen molar-refractivity contribution < 1.29 is 4.52 Å². The van der Waals surface area contributed by atoms with Gasteiger partial charge in [0.25, 0.3) is 0 Å². The molecule has 5 heteroatoms. The average Bonchev–Trinajstić information content (AvgIpc) is 2.73. The fraction of sp³-hybridized carbons (Fsp3) is 0.273. The molecule has 16 heavy (non-hydrogen) atoms. The van der Waals surface area contributed by atoms with E-state index in [2.05, 4.69) is 33.8 Å². The second kappa shape index (κ2) is 5.03. The van der Waals surface area contributed by atoms with Gasteiger partial charge in [0.05, 0.1) is 6.54 Å². The first kappa shape index (κ1) is 11.0. The highest BCUT2D eigenvalue weighted by atomic mass is 32.2. The third-order valence-electron chi connectivity index (χ3n) is 2.09. The first-order chi connectivity index (χ1) is 7.78. The van der Waals surface area contributed by atoms with E-state index in [1.165, 1.54) is 4.90 Å². The Morgan fingerprint density at radius 3 is 3.00 bits per heavy atom. The van der Waals surface area contributed by atoms with Crippen molar-refractivity contribution in [3.8, 4) is 0 Å². The second-order valence-electron chi connectivity index (χ2n) is 3.32. The molecule has 1 aromatic heterocycles. The number of aromatic nitrogens is 2. The minimum Gasteiger partial charge on any atom is -0.378 e. The highest BCUT2D eigenvalue weighted by Gasteiger charge is 2.01. The van der Waals surface area contributed by atoms with Crippen LogP contribution >= 0.6 is 11.8 Å². The number of nitrogens with one attached hydrogen (secondary N) is 1. The Labute approximate surface area is 98.4 Å². The van der Waals surface area contributed by atoms with E-state index in [0.29, 0.717) is 18.3 Å². The molecule has 0 fully saturated rings. The zero-order valence-electron chi connectivity index (χ0n) is 9.23. The molecule has 0 aliphatic heterocycles. The molecule has 2 rings (SSSR count). The van der Waals surface area contributed by atoms with Crippen LogP contribution in [0.3, 0.4) is 0 Å². The first-order valence-corrected chi connectivity index (χ1v) is 6.17. The molecular formula is C11H13N3OS. The Morgan fingerprint density at radius 2 is 2.31 bits per heavy atom. The first-order valence-electron chi connectivity index (χ1n) is 4.95. The Bertz CT molecular complexity index is 470. The van der Waals surface area contributed by atoms with Gasteiger partial charge in [0, 0.05) is 17.5 Å². The minimum absolute atomic E-state index is 0.579. The predicted octanol–water partition coefficient (Wildman–Crippen LogP) is 2.71. The maximum absolute atomic E-state index is 4.89. The van der Waals surface area contributed by atoms with Gasteiger partial charge >= 0.3 is 0 Å². The van der Waals surface area contributed by atoms with Gasteiger partial charge in [-0.25, -0.2) is 0 Å². The molecule has 0 atom stereocenters. The van der Waals surface area contributed by atoms with E-state index in [0.717, 1.165) is 5.69 Å². The van der Waals surface area contributed by atoms with Crippen molar-refractivity contribution in [1.82, 2.24) is 10.1 Å². The molecule has 0 spiro atoms. The Balaban J connectivity index is 1.99. The molecule has 4 nitrogen and oxygen atoms in total. The summed E-state index contributed by atoms with van der Waals surface area (Å²) in [7, 11) is 0. The summed E-state index contributed by atoms with van der Waals surface area (Å²) in [6.07, 6.45) is 2.06. The van der Waals surface area contributed by atoms with Crippen LogP contribution in [0, 0.1) is 6.92 Å². The van der Waals surface area contributed by atoms with Gasteiger partial charge in [-0.15, -0.1) is 11.8 Å². The van der Waals surface area contributed by atoms with E-state index in [-0.39, 0.29) is 0 Å². The molecule has 1 heterocycles. The lowest BCUT2D eigenvalue weighted by Crippen LogP contribution is -2.01. The van der Waals surface area contributed by atoms with Crippen molar-refractivity contribution in [2.75, 3.05) is 11.6 Å².